The lowest BCUT2D eigenvalue weighted by Gasteiger charge is -2.34. The van der Waals surface area contributed by atoms with Crippen LogP contribution in [0.25, 0.3) is 0 Å². The van der Waals surface area contributed by atoms with E-state index in [1.807, 2.05) is 41.5 Å². The second-order valence-electron chi connectivity index (χ2n) is 13.2. The SMILES string of the molecule is CC(C)(C)C(OCCOC(=O)CCCCC(=O)OCCOC(C(O)CCCCCO)C(C)(C)C)C(O)CCCCCO. The highest BCUT2D eigenvalue weighted by atomic mass is 16.6. The third kappa shape index (κ3) is 20.6. The maximum Gasteiger partial charge on any atom is 0.305 e. The van der Waals surface area contributed by atoms with E-state index in [1.165, 1.54) is 0 Å². The molecular formula is C32H62O10. The third-order valence-corrected chi connectivity index (χ3v) is 7.02. The minimum absolute atomic E-state index is 0.0948. The van der Waals surface area contributed by atoms with Gasteiger partial charge in [-0.2, -0.15) is 0 Å². The van der Waals surface area contributed by atoms with Crippen molar-refractivity contribution in [3.8, 4) is 0 Å². The van der Waals surface area contributed by atoms with Crippen molar-refractivity contribution >= 4 is 11.9 Å². The van der Waals surface area contributed by atoms with Gasteiger partial charge >= 0.3 is 11.9 Å². The van der Waals surface area contributed by atoms with Gasteiger partial charge in [0.2, 0.25) is 0 Å². The zero-order chi connectivity index (χ0) is 32.0. The van der Waals surface area contributed by atoms with Crippen molar-refractivity contribution in [2.24, 2.45) is 10.8 Å². The van der Waals surface area contributed by atoms with Crippen LogP contribution in [0.5, 0.6) is 0 Å². The summed E-state index contributed by atoms with van der Waals surface area (Å²) in [4.78, 5) is 24.1. The second kappa shape index (κ2) is 23.1. The average molecular weight is 607 g/mol. The Labute approximate surface area is 254 Å². The van der Waals surface area contributed by atoms with Gasteiger partial charge in [0.25, 0.3) is 0 Å². The van der Waals surface area contributed by atoms with Gasteiger partial charge in [-0.15, -0.1) is 0 Å². The number of ether oxygens (including phenoxy) is 4. The first-order valence-corrected chi connectivity index (χ1v) is 15.9. The van der Waals surface area contributed by atoms with Crippen molar-refractivity contribution in [3.05, 3.63) is 0 Å². The number of aliphatic hydroxyl groups is 4. The normalized spacial score (nSPS) is 15.2. The number of hydrogen-bond acceptors (Lipinski definition) is 10. The van der Waals surface area contributed by atoms with Crippen LogP contribution in [0.3, 0.4) is 0 Å². The van der Waals surface area contributed by atoms with Gasteiger partial charge in [-0.25, -0.2) is 0 Å². The molecule has 0 radical (unpaired) electrons. The molecule has 0 aliphatic heterocycles. The number of unbranched alkanes of at least 4 members (excludes halogenated alkanes) is 5. The molecule has 0 aromatic rings. The van der Waals surface area contributed by atoms with Crippen LogP contribution in [0, 0.1) is 10.8 Å². The molecule has 0 aromatic carbocycles. The van der Waals surface area contributed by atoms with Crippen LogP contribution in [-0.2, 0) is 28.5 Å². The molecule has 0 aliphatic rings. The van der Waals surface area contributed by atoms with Gasteiger partial charge in [-0.05, 0) is 49.4 Å². The van der Waals surface area contributed by atoms with Gasteiger partial charge in [-0.3, -0.25) is 9.59 Å². The van der Waals surface area contributed by atoms with E-state index < -0.39 is 24.4 Å². The third-order valence-electron chi connectivity index (χ3n) is 7.02. The standard InChI is InChI=1S/C32H62O10/c1-31(2,3)29(25(35)15-9-7-13-19-33)41-23-21-39-27(37)17-11-12-18-28(38)40-22-24-42-30(32(4,5)6)26(36)16-10-8-14-20-34/h25-26,29-30,33-36H,7-24H2,1-6H3. The van der Waals surface area contributed by atoms with Crippen LogP contribution < -0.4 is 0 Å². The van der Waals surface area contributed by atoms with E-state index in [0.717, 1.165) is 38.5 Å². The van der Waals surface area contributed by atoms with Crippen LogP contribution in [0.1, 0.15) is 119 Å². The topological polar surface area (TPSA) is 152 Å². The van der Waals surface area contributed by atoms with E-state index in [0.29, 0.717) is 25.7 Å². The summed E-state index contributed by atoms with van der Waals surface area (Å²) in [5.74, 6) is -0.722. The molecule has 0 heterocycles. The summed E-state index contributed by atoms with van der Waals surface area (Å²) in [5, 5.41) is 39.0. The number of hydrogen-bond donors (Lipinski definition) is 4. The molecule has 0 aromatic heterocycles. The fraction of sp³-hybridized carbons (Fsp3) is 0.938. The molecule has 4 N–H and O–H groups in total. The number of aliphatic hydroxyl groups excluding tert-OH is 4. The van der Waals surface area contributed by atoms with Crippen LogP contribution in [0.15, 0.2) is 0 Å². The Morgan fingerprint density at radius 1 is 0.548 bits per heavy atom. The van der Waals surface area contributed by atoms with Crippen molar-refractivity contribution in [1.29, 1.82) is 0 Å². The molecule has 42 heavy (non-hydrogen) atoms. The molecule has 4 unspecified atom stereocenters. The first-order chi connectivity index (χ1) is 19.7. The smallest absolute Gasteiger partial charge is 0.305 e. The predicted octanol–water partition coefficient (Wildman–Crippen LogP) is 4.32. The quantitative estimate of drug-likeness (QED) is 0.0873. The van der Waals surface area contributed by atoms with E-state index in [9.17, 15) is 19.8 Å². The Morgan fingerprint density at radius 2 is 0.905 bits per heavy atom. The number of carbonyl (C=O) groups is 2. The van der Waals surface area contributed by atoms with Crippen molar-refractivity contribution in [1.82, 2.24) is 0 Å². The predicted molar refractivity (Wildman–Crippen MR) is 162 cm³/mol. The summed E-state index contributed by atoms with van der Waals surface area (Å²) in [7, 11) is 0. The van der Waals surface area contributed by atoms with Gasteiger partial charge in [0, 0.05) is 26.1 Å². The zero-order valence-electron chi connectivity index (χ0n) is 27.3. The number of carbonyl (C=O) groups excluding carboxylic acids is 2. The van der Waals surface area contributed by atoms with E-state index in [1.54, 1.807) is 0 Å². The largest absolute Gasteiger partial charge is 0.463 e. The molecule has 10 nitrogen and oxygen atoms in total. The summed E-state index contributed by atoms with van der Waals surface area (Å²) in [6.07, 6.45) is 5.25. The molecule has 250 valence electrons. The highest BCUT2D eigenvalue weighted by Gasteiger charge is 2.33. The molecule has 0 amide bonds. The monoisotopic (exact) mass is 606 g/mol. The second-order valence-corrected chi connectivity index (χ2v) is 13.2. The van der Waals surface area contributed by atoms with Crippen molar-refractivity contribution in [2.75, 3.05) is 39.6 Å². The van der Waals surface area contributed by atoms with Crippen LogP contribution in [0.2, 0.25) is 0 Å². The lowest BCUT2D eigenvalue weighted by molar-refractivity contribution is -0.151. The molecule has 4 atom stereocenters. The highest BCUT2D eigenvalue weighted by molar-refractivity contribution is 5.70. The minimum atomic E-state index is -0.634. The molecule has 0 rings (SSSR count). The molecule has 0 spiro atoms. The van der Waals surface area contributed by atoms with Gasteiger partial charge in [0.1, 0.15) is 13.2 Å². The van der Waals surface area contributed by atoms with E-state index >= 15 is 0 Å². The van der Waals surface area contributed by atoms with Gasteiger partial charge < -0.3 is 39.4 Å². The Kier molecular flexibility index (Phi) is 22.4. The van der Waals surface area contributed by atoms with Crippen LogP contribution in [-0.4, -0.2) is 96.4 Å². The first-order valence-electron chi connectivity index (χ1n) is 15.9. The molecule has 0 aliphatic carbocycles. The lowest BCUT2D eigenvalue weighted by Crippen LogP contribution is -2.41. The lowest BCUT2D eigenvalue weighted by atomic mass is 9.84. The highest BCUT2D eigenvalue weighted by Crippen LogP contribution is 2.28. The summed E-state index contributed by atoms with van der Waals surface area (Å²) in [5.41, 5.74) is -0.560. The Balaban J connectivity index is 4.14. The summed E-state index contributed by atoms with van der Waals surface area (Å²) < 4.78 is 22.3. The first kappa shape index (κ1) is 40.7. The fourth-order valence-electron chi connectivity index (χ4n) is 4.81. The minimum Gasteiger partial charge on any atom is -0.463 e. The number of esters is 2. The summed E-state index contributed by atoms with van der Waals surface area (Å²) >= 11 is 0. The van der Waals surface area contributed by atoms with E-state index in [2.05, 4.69) is 0 Å². The summed E-state index contributed by atoms with van der Waals surface area (Å²) in [6, 6.07) is 0. The Morgan fingerprint density at radius 3 is 1.21 bits per heavy atom. The Bertz CT molecular complexity index is 628. The van der Waals surface area contributed by atoms with Gasteiger partial charge in [0.05, 0.1) is 37.6 Å². The fourth-order valence-corrected chi connectivity index (χ4v) is 4.81. The molecule has 0 saturated heterocycles. The maximum atomic E-state index is 12.1. The van der Waals surface area contributed by atoms with Crippen LogP contribution >= 0.6 is 0 Å². The Hall–Kier alpha value is -1.30. The van der Waals surface area contributed by atoms with Crippen molar-refractivity contribution in [3.63, 3.8) is 0 Å². The maximum absolute atomic E-state index is 12.1. The van der Waals surface area contributed by atoms with Crippen molar-refractivity contribution in [2.45, 2.75) is 143 Å². The summed E-state index contributed by atoms with van der Waals surface area (Å²) in [6.45, 7) is 12.8. The van der Waals surface area contributed by atoms with Crippen molar-refractivity contribution < 1.29 is 49.0 Å². The molecule has 0 saturated carbocycles. The molecule has 0 fully saturated rings. The zero-order valence-corrected chi connectivity index (χ0v) is 27.3. The van der Waals surface area contributed by atoms with E-state index in [-0.39, 0.29) is 75.3 Å². The van der Waals surface area contributed by atoms with E-state index in [4.69, 9.17) is 29.2 Å². The number of rotatable bonds is 25. The van der Waals surface area contributed by atoms with Gasteiger partial charge in [0.15, 0.2) is 0 Å². The molecule has 10 heteroatoms. The van der Waals surface area contributed by atoms with Gasteiger partial charge in [-0.1, -0.05) is 67.2 Å². The molecule has 0 bridgehead atoms. The molecular weight excluding hydrogens is 544 g/mol. The van der Waals surface area contributed by atoms with Crippen LogP contribution in [0.4, 0.5) is 0 Å². The average Bonchev–Trinajstić information content (AvgIpc) is 2.89.